The lowest BCUT2D eigenvalue weighted by atomic mass is 10.1. The first-order valence-electron chi connectivity index (χ1n) is 6.50. The minimum absolute atomic E-state index is 0.0771. The molecule has 1 heterocycles. The molecule has 2 rings (SSSR count). The number of benzene rings is 1. The number of rotatable bonds is 3. The number of aliphatic hydroxyl groups excluding tert-OH is 1. The molecule has 1 aromatic rings. The molecule has 1 aromatic carbocycles. The van der Waals surface area contributed by atoms with Gasteiger partial charge < -0.3 is 14.7 Å². The first-order chi connectivity index (χ1) is 9.86. The van der Waals surface area contributed by atoms with Crippen LogP contribution >= 0.6 is 0 Å². The molecule has 1 fully saturated rings. The van der Waals surface area contributed by atoms with Crippen molar-refractivity contribution in [3.8, 4) is 5.75 Å². The van der Waals surface area contributed by atoms with Gasteiger partial charge in [-0.05, 0) is 24.1 Å². The van der Waals surface area contributed by atoms with Crippen molar-refractivity contribution >= 4 is 5.91 Å². The van der Waals surface area contributed by atoms with Gasteiger partial charge in [-0.1, -0.05) is 6.07 Å². The third kappa shape index (κ3) is 3.29. The van der Waals surface area contributed by atoms with E-state index in [9.17, 15) is 18.0 Å². The number of hydrogen-bond acceptors (Lipinski definition) is 3. The van der Waals surface area contributed by atoms with Crippen LogP contribution in [0.5, 0.6) is 5.75 Å². The first kappa shape index (κ1) is 15.6. The van der Waals surface area contributed by atoms with Crippen molar-refractivity contribution in [2.75, 3.05) is 20.2 Å². The quantitative estimate of drug-likeness (QED) is 0.931. The number of likely N-dealkylation sites (tertiary alicyclic amines) is 1. The van der Waals surface area contributed by atoms with Gasteiger partial charge in [0.05, 0.1) is 25.2 Å². The Balaban J connectivity index is 2.18. The van der Waals surface area contributed by atoms with Crippen LogP contribution in [0.3, 0.4) is 0 Å². The van der Waals surface area contributed by atoms with Gasteiger partial charge in [-0.3, -0.25) is 4.79 Å². The van der Waals surface area contributed by atoms with Crippen LogP contribution in [-0.4, -0.2) is 42.3 Å². The number of halogens is 3. The molecule has 1 aliphatic heterocycles. The highest BCUT2D eigenvalue weighted by Crippen LogP contribution is 2.34. The standard InChI is InChI=1S/C14H16F3NO3/c1-21-12-6-9(8-19)2-3-11(12)13(20)18-5-4-10(7-18)14(15,16)17/h2-3,6,10,19H,4-5,7-8H2,1H3. The van der Waals surface area contributed by atoms with E-state index in [1.807, 2.05) is 0 Å². The molecule has 1 amide bonds. The Morgan fingerprint density at radius 2 is 2.19 bits per heavy atom. The number of carbonyl (C=O) groups excluding carboxylic acids is 1. The van der Waals surface area contributed by atoms with Crippen molar-refractivity contribution in [1.29, 1.82) is 0 Å². The molecule has 1 unspecified atom stereocenters. The summed E-state index contributed by atoms with van der Waals surface area (Å²) >= 11 is 0. The highest BCUT2D eigenvalue weighted by molar-refractivity contribution is 5.97. The number of amides is 1. The van der Waals surface area contributed by atoms with E-state index in [1.165, 1.54) is 24.1 Å². The number of alkyl halides is 3. The molecule has 4 nitrogen and oxygen atoms in total. The summed E-state index contributed by atoms with van der Waals surface area (Å²) < 4.78 is 43.0. The second-order valence-corrected chi connectivity index (χ2v) is 4.97. The van der Waals surface area contributed by atoms with Crippen molar-refractivity contribution in [2.45, 2.75) is 19.2 Å². The molecular weight excluding hydrogens is 287 g/mol. The molecule has 1 N–H and O–H groups in total. The van der Waals surface area contributed by atoms with E-state index in [2.05, 4.69) is 0 Å². The van der Waals surface area contributed by atoms with E-state index in [4.69, 9.17) is 9.84 Å². The topological polar surface area (TPSA) is 49.8 Å². The summed E-state index contributed by atoms with van der Waals surface area (Å²) in [7, 11) is 1.37. The Hall–Kier alpha value is -1.76. The highest BCUT2D eigenvalue weighted by Gasteiger charge is 2.44. The molecule has 0 radical (unpaired) electrons. The maximum atomic E-state index is 12.7. The Labute approximate surface area is 120 Å². The minimum atomic E-state index is -4.28. The van der Waals surface area contributed by atoms with Crippen LogP contribution in [0.15, 0.2) is 18.2 Å². The van der Waals surface area contributed by atoms with Gasteiger partial charge in [0.15, 0.2) is 0 Å². The number of nitrogens with zero attached hydrogens (tertiary/aromatic N) is 1. The van der Waals surface area contributed by atoms with Gasteiger partial charge in [-0.15, -0.1) is 0 Å². The van der Waals surface area contributed by atoms with Crippen LogP contribution in [0, 0.1) is 5.92 Å². The van der Waals surface area contributed by atoms with Crippen molar-refractivity contribution in [3.63, 3.8) is 0 Å². The fourth-order valence-corrected chi connectivity index (χ4v) is 2.39. The van der Waals surface area contributed by atoms with Crippen molar-refractivity contribution in [2.24, 2.45) is 5.92 Å². The summed E-state index contributed by atoms with van der Waals surface area (Å²) in [6, 6.07) is 4.52. The lowest BCUT2D eigenvalue weighted by molar-refractivity contribution is -0.169. The van der Waals surface area contributed by atoms with Crippen LogP contribution in [-0.2, 0) is 6.61 Å². The summed E-state index contributed by atoms with van der Waals surface area (Å²) in [6.07, 6.45) is -4.36. The van der Waals surface area contributed by atoms with E-state index >= 15 is 0 Å². The number of ether oxygens (including phenoxy) is 1. The van der Waals surface area contributed by atoms with Crippen LogP contribution < -0.4 is 4.74 Å². The minimum Gasteiger partial charge on any atom is -0.496 e. The summed E-state index contributed by atoms with van der Waals surface area (Å²) in [5, 5.41) is 9.05. The molecule has 0 aromatic heterocycles. The number of carbonyl (C=O) groups is 1. The van der Waals surface area contributed by atoms with Gasteiger partial charge >= 0.3 is 6.18 Å². The zero-order chi connectivity index (χ0) is 15.6. The third-order valence-electron chi connectivity index (χ3n) is 3.62. The monoisotopic (exact) mass is 303 g/mol. The van der Waals surface area contributed by atoms with Crippen LogP contribution in [0.25, 0.3) is 0 Å². The lowest BCUT2D eigenvalue weighted by Crippen LogP contribution is -2.32. The molecule has 0 aliphatic carbocycles. The molecule has 0 saturated carbocycles. The largest absolute Gasteiger partial charge is 0.496 e. The van der Waals surface area contributed by atoms with Gasteiger partial charge in [0.25, 0.3) is 5.91 Å². The van der Waals surface area contributed by atoms with Gasteiger partial charge in [0, 0.05) is 13.1 Å². The molecule has 21 heavy (non-hydrogen) atoms. The zero-order valence-electron chi connectivity index (χ0n) is 11.5. The molecule has 1 aliphatic rings. The number of methoxy groups -OCH3 is 1. The van der Waals surface area contributed by atoms with Gasteiger partial charge in [-0.25, -0.2) is 0 Å². The lowest BCUT2D eigenvalue weighted by Gasteiger charge is -2.19. The summed E-state index contributed by atoms with van der Waals surface area (Å²) in [4.78, 5) is 13.5. The molecule has 1 saturated heterocycles. The SMILES string of the molecule is COc1cc(CO)ccc1C(=O)N1CCC(C(F)(F)F)C1. The molecule has 0 spiro atoms. The van der Waals surface area contributed by atoms with Crippen molar-refractivity contribution < 1.29 is 27.8 Å². The summed E-state index contributed by atoms with van der Waals surface area (Å²) in [5.74, 6) is -1.70. The number of hydrogen-bond donors (Lipinski definition) is 1. The number of aliphatic hydroxyl groups is 1. The maximum absolute atomic E-state index is 12.7. The Kier molecular flexibility index (Phi) is 4.41. The second kappa shape index (κ2) is 5.93. The summed E-state index contributed by atoms with van der Waals surface area (Å²) in [5.41, 5.74) is 0.774. The van der Waals surface area contributed by atoms with E-state index < -0.39 is 18.0 Å². The third-order valence-corrected chi connectivity index (χ3v) is 3.62. The Morgan fingerprint density at radius 1 is 1.48 bits per heavy atom. The average Bonchev–Trinajstić information content (AvgIpc) is 2.95. The molecule has 7 heteroatoms. The predicted octanol–water partition coefficient (Wildman–Crippen LogP) is 2.21. The zero-order valence-corrected chi connectivity index (χ0v) is 11.5. The maximum Gasteiger partial charge on any atom is 0.393 e. The van der Waals surface area contributed by atoms with E-state index in [-0.39, 0.29) is 37.4 Å². The normalized spacial score (nSPS) is 18.9. The van der Waals surface area contributed by atoms with Gasteiger partial charge in [0.2, 0.25) is 0 Å². The molecule has 116 valence electrons. The van der Waals surface area contributed by atoms with E-state index in [0.717, 1.165) is 0 Å². The predicted molar refractivity (Wildman–Crippen MR) is 69.0 cm³/mol. The van der Waals surface area contributed by atoms with Gasteiger partial charge in [-0.2, -0.15) is 13.2 Å². The average molecular weight is 303 g/mol. The fourth-order valence-electron chi connectivity index (χ4n) is 2.39. The Bertz CT molecular complexity index is 531. The Morgan fingerprint density at radius 3 is 2.71 bits per heavy atom. The first-order valence-corrected chi connectivity index (χ1v) is 6.50. The smallest absolute Gasteiger partial charge is 0.393 e. The van der Waals surface area contributed by atoms with Gasteiger partial charge in [0.1, 0.15) is 5.75 Å². The van der Waals surface area contributed by atoms with Crippen LogP contribution in [0.2, 0.25) is 0 Å². The van der Waals surface area contributed by atoms with E-state index in [0.29, 0.717) is 5.56 Å². The van der Waals surface area contributed by atoms with Crippen LogP contribution in [0.4, 0.5) is 13.2 Å². The fraction of sp³-hybridized carbons (Fsp3) is 0.500. The molecule has 1 atom stereocenters. The summed E-state index contributed by atoms with van der Waals surface area (Å²) in [6.45, 7) is -0.453. The molecular formula is C14H16F3NO3. The highest BCUT2D eigenvalue weighted by atomic mass is 19.4. The molecule has 0 bridgehead atoms. The van der Waals surface area contributed by atoms with Crippen LogP contribution in [0.1, 0.15) is 22.3 Å². The van der Waals surface area contributed by atoms with Crippen molar-refractivity contribution in [3.05, 3.63) is 29.3 Å². The van der Waals surface area contributed by atoms with Crippen molar-refractivity contribution in [1.82, 2.24) is 4.90 Å². The van der Waals surface area contributed by atoms with E-state index in [1.54, 1.807) is 6.07 Å². The second-order valence-electron chi connectivity index (χ2n) is 4.97.